The highest BCUT2D eigenvalue weighted by atomic mass is 19.1. The Morgan fingerprint density at radius 1 is 1.04 bits per heavy atom. The Bertz CT molecular complexity index is 718. The average Bonchev–Trinajstić information content (AvgIpc) is 3.15. The number of benzene rings is 1. The number of rotatable bonds is 4. The zero-order valence-electron chi connectivity index (χ0n) is 15.4. The first-order chi connectivity index (χ1) is 12.7. The minimum atomic E-state index is -0.234. The van der Waals surface area contributed by atoms with Gasteiger partial charge in [-0.1, -0.05) is 37.5 Å². The van der Waals surface area contributed by atoms with E-state index in [1.54, 1.807) is 6.07 Å². The second kappa shape index (κ2) is 7.80. The summed E-state index contributed by atoms with van der Waals surface area (Å²) in [5.74, 6) is 0.598. The Hall–Kier alpha value is -1.86. The van der Waals surface area contributed by atoms with Gasteiger partial charge in [0.25, 0.3) is 0 Å². The molecule has 1 aliphatic heterocycles. The first-order valence-corrected chi connectivity index (χ1v) is 9.69. The predicted molar refractivity (Wildman–Crippen MR) is 97.3 cm³/mol. The van der Waals surface area contributed by atoms with E-state index < -0.39 is 0 Å². The molecule has 4 rings (SSSR count). The zero-order valence-corrected chi connectivity index (χ0v) is 15.4. The van der Waals surface area contributed by atoms with E-state index in [1.807, 2.05) is 16.8 Å². The number of aromatic nitrogens is 4. The maximum atomic E-state index is 14.7. The van der Waals surface area contributed by atoms with Crippen molar-refractivity contribution in [2.45, 2.75) is 44.2 Å². The minimum absolute atomic E-state index is 0.186. The molecule has 2 aliphatic rings. The van der Waals surface area contributed by atoms with Gasteiger partial charge in [0.1, 0.15) is 11.9 Å². The van der Waals surface area contributed by atoms with E-state index in [2.05, 4.69) is 32.4 Å². The van der Waals surface area contributed by atoms with Crippen LogP contribution in [-0.4, -0.2) is 63.2 Å². The van der Waals surface area contributed by atoms with E-state index in [0.717, 1.165) is 44.8 Å². The molecule has 2 fully saturated rings. The van der Waals surface area contributed by atoms with Crippen molar-refractivity contribution in [1.29, 1.82) is 0 Å². The van der Waals surface area contributed by atoms with Crippen LogP contribution in [0.15, 0.2) is 24.3 Å². The zero-order chi connectivity index (χ0) is 17.9. The van der Waals surface area contributed by atoms with Gasteiger partial charge >= 0.3 is 0 Å². The number of hydrogen-bond donors (Lipinski definition) is 0. The van der Waals surface area contributed by atoms with Crippen molar-refractivity contribution in [1.82, 2.24) is 30.0 Å². The fraction of sp³-hybridized carbons (Fsp3) is 0.632. The van der Waals surface area contributed by atoms with Gasteiger partial charge in [0.05, 0.1) is 6.04 Å². The van der Waals surface area contributed by atoms with Crippen LogP contribution in [0.4, 0.5) is 4.39 Å². The Morgan fingerprint density at radius 2 is 1.77 bits per heavy atom. The minimum Gasteiger partial charge on any atom is -0.304 e. The lowest BCUT2D eigenvalue weighted by Crippen LogP contribution is -2.47. The molecule has 2 aromatic rings. The van der Waals surface area contributed by atoms with Crippen LogP contribution in [-0.2, 0) is 0 Å². The lowest BCUT2D eigenvalue weighted by Gasteiger charge is -2.38. The van der Waals surface area contributed by atoms with E-state index in [0.29, 0.717) is 11.6 Å². The number of halogens is 1. The summed E-state index contributed by atoms with van der Waals surface area (Å²) in [6, 6.07) is 7.14. The third-order valence-corrected chi connectivity index (χ3v) is 5.79. The quantitative estimate of drug-likeness (QED) is 0.841. The highest BCUT2D eigenvalue weighted by molar-refractivity contribution is 5.27. The van der Waals surface area contributed by atoms with Gasteiger partial charge in [-0.3, -0.25) is 4.90 Å². The standard InChI is InChI=1S/C19H27FN6/c1-24-11-13-25(14-12-24)18(16-9-5-6-10-17(16)20)19-21-22-23-26(19)15-7-3-2-4-8-15/h5-6,9-10,15,18H,2-4,7-8,11-14H2,1H3/t18-/m1/s1. The highest BCUT2D eigenvalue weighted by Gasteiger charge is 2.33. The molecule has 0 bridgehead atoms. The van der Waals surface area contributed by atoms with Gasteiger partial charge in [0.15, 0.2) is 5.82 Å². The third kappa shape index (κ3) is 3.50. The number of hydrogen-bond acceptors (Lipinski definition) is 5. The van der Waals surface area contributed by atoms with E-state index in [1.165, 1.54) is 25.3 Å². The summed E-state index contributed by atoms with van der Waals surface area (Å²) in [6.45, 7) is 3.70. The monoisotopic (exact) mass is 358 g/mol. The van der Waals surface area contributed by atoms with Crippen LogP contribution in [0.1, 0.15) is 55.6 Å². The maximum Gasteiger partial charge on any atom is 0.173 e. The molecule has 1 saturated carbocycles. The Kier molecular flexibility index (Phi) is 5.26. The van der Waals surface area contributed by atoms with E-state index >= 15 is 0 Å². The van der Waals surface area contributed by atoms with Crippen molar-refractivity contribution < 1.29 is 4.39 Å². The lowest BCUT2D eigenvalue weighted by molar-refractivity contribution is 0.118. The summed E-state index contributed by atoms with van der Waals surface area (Å²) in [7, 11) is 2.13. The molecular formula is C19H27FN6. The second-order valence-corrected chi connectivity index (χ2v) is 7.54. The van der Waals surface area contributed by atoms with Crippen LogP contribution in [0.25, 0.3) is 0 Å². The van der Waals surface area contributed by atoms with Gasteiger partial charge in [-0.25, -0.2) is 9.07 Å². The van der Waals surface area contributed by atoms with Crippen molar-refractivity contribution in [2.75, 3.05) is 33.2 Å². The number of piperazine rings is 1. The van der Waals surface area contributed by atoms with Crippen molar-refractivity contribution in [3.63, 3.8) is 0 Å². The first kappa shape index (κ1) is 17.5. The Balaban J connectivity index is 1.72. The van der Waals surface area contributed by atoms with Crippen LogP contribution >= 0.6 is 0 Å². The van der Waals surface area contributed by atoms with Gasteiger partial charge in [-0.2, -0.15) is 0 Å². The van der Waals surface area contributed by atoms with Gasteiger partial charge in [0.2, 0.25) is 0 Å². The number of likely N-dealkylation sites (N-methyl/N-ethyl adjacent to an activating group) is 1. The lowest BCUT2D eigenvalue weighted by atomic mass is 9.95. The van der Waals surface area contributed by atoms with Crippen LogP contribution in [0, 0.1) is 5.82 Å². The molecule has 1 saturated heterocycles. The van der Waals surface area contributed by atoms with Crippen LogP contribution in [0.3, 0.4) is 0 Å². The summed E-state index contributed by atoms with van der Waals surface area (Å²) < 4.78 is 16.7. The third-order valence-electron chi connectivity index (χ3n) is 5.79. The molecule has 1 atom stereocenters. The summed E-state index contributed by atoms with van der Waals surface area (Å²) in [5, 5.41) is 12.7. The van der Waals surface area contributed by atoms with Crippen LogP contribution in [0.2, 0.25) is 0 Å². The van der Waals surface area contributed by atoms with E-state index in [9.17, 15) is 4.39 Å². The maximum absolute atomic E-state index is 14.7. The highest BCUT2D eigenvalue weighted by Crippen LogP contribution is 2.34. The summed E-state index contributed by atoms with van der Waals surface area (Å²) in [5.41, 5.74) is 0.670. The number of tetrazole rings is 1. The second-order valence-electron chi connectivity index (χ2n) is 7.54. The van der Waals surface area contributed by atoms with Crippen LogP contribution in [0.5, 0.6) is 0 Å². The largest absolute Gasteiger partial charge is 0.304 e. The van der Waals surface area contributed by atoms with Gasteiger partial charge in [-0.05, 0) is 36.4 Å². The summed E-state index contributed by atoms with van der Waals surface area (Å²) >= 11 is 0. The topological polar surface area (TPSA) is 50.1 Å². The average molecular weight is 358 g/mol. The Morgan fingerprint density at radius 3 is 2.50 bits per heavy atom. The Labute approximate surface area is 154 Å². The van der Waals surface area contributed by atoms with Crippen molar-refractivity contribution in [3.8, 4) is 0 Å². The van der Waals surface area contributed by atoms with Crippen LogP contribution < -0.4 is 0 Å². The molecule has 7 heteroatoms. The smallest absolute Gasteiger partial charge is 0.173 e. The van der Waals surface area contributed by atoms with Crippen molar-refractivity contribution in [2.24, 2.45) is 0 Å². The SMILES string of the molecule is CN1CCN([C@H](c2ccccc2F)c2nnnn2C2CCCCC2)CC1. The molecule has 1 aliphatic carbocycles. The summed E-state index contributed by atoms with van der Waals surface area (Å²) in [6.07, 6.45) is 5.91. The molecule has 1 aromatic heterocycles. The molecular weight excluding hydrogens is 331 g/mol. The normalized spacial score (nSPS) is 21.8. The molecule has 26 heavy (non-hydrogen) atoms. The molecule has 6 nitrogen and oxygen atoms in total. The summed E-state index contributed by atoms with van der Waals surface area (Å²) in [4.78, 5) is 4.63. The molecule has 1 aromatic carbocycles. The molecule has 140 valence electrons. The van der Waals surface area contributed by atoms with Gasteiger partial charge in [0, 0.05) is 31.7 Å². The van der Waals surface area contributed by atoms with Gasteiger partial charge < -0.3 is 4.90 Å². The number of nitrogens with zero attached hydrogens (tertiary/aromatic N) is 6. The molecule has 2 heterocycles. The van der Waals surface area contributed by atoms with Crippen molar-refractivity contribution in [3.05, 3.63) is 41.5 Å². The molecule has 0 unspecified atom stereocenters. The molecule has 0 radical (unpaired) electrons. The van der Waals surface area contributed by atoms with E-state index in [-0.39, 0.29) is 11.9 Å². The van der Waals surface area contributed by atoms with Crippen molar-refractivity contribution >= 4 is 0 Å². The molecule has 0 spiro atoms. The fourth-order valence-corrected chi connectivity index (χ4v) is 4.24. The molecule has 0 amide bonds. The fourth-order valence-electron chi connectivity index (χ4n) is 4.24. The van der Waals surface area contributed by atoms with E-state index in [4.69, 9.17) is 0 Å². The predicted octanol–water partition coefficient (Wildman–Crippen LogP) is 2.65. The first-order valence-electron chi connectivity index (χ1n) is 9.69. The molecule has 0 N–H and O–H groups in total. The van der Waals surface area contributed by atoms with Gasteiger partial charge in [-0.15, -0.1) is 5.10 Å².